The normalized spacial score (nSPS) is 28.0. The van der Waals surface area contributed by atoms with E-state index in [1.54, 1.807) is 30.0 Å². The Morgan fingerprint density at radius 3 is 2.46 bits per heavy atom. The van der Waals surface area contributed by atoms with Gasteiger partial charge in [0.05, 0.1) is 35.3 Å². The first-order valence-corrected chi connectivity index (χ1v) is 27.9. The molecule has 17 nitrogen and oxygen atoms in total. The van der Waals surface area contributed by atoms with Crippen LogP contribution in [-0.4, -0.2) is 121 Å². The molecule has 2 aromatic rings. The Morgan fingerprint density at radius 2 is 1.71 bits per heavy atom. The molecule has 5 heterocycles. The quantitative estimate of drug-likeness (QED) is 0.0695. The Balaban J connectivity index is 0.803. The smallest absolute Gasteiger partial charge is 0.263 e. The molecule has 5 aliphatic heterocycles. The molecule has 0 spiro atoms. The minimum absolute atomic E-state index is 0.00483. The molecule has 9 rings (SSSR count). The zero-order chi connectivity index (χ0) is 49.2. The van der Waals surface area contributed by atoms with Gasteiger partial charge in [-0.3, -0.25) is 49.1 Å². The summed E-state index contributed by atoms with van der Waals surface area (Å²) in [7, 11) is -3.37. The summed E-state index contributed by atoms with van der Waals surface area (Å²) in [6.07, 6.45) is 13.4. The Bertz CT molecular complexity index is 2600. The van der Waals surface area contributed by atoms with Crippen LogP contribution in [0.5, 0.6) is 0 Å². The number of fused-ring (bicyclic) bond motifs is 1. The number of nitrogens with one attached hydrogen (secondary N) is 6. The zero-order valence-corrected chi connectivity index (χ0v) is 41.4. The summed E-state index contributed by atoms with van der Waals surface area (Å²) in [5.74, 6) is 4.10. The van der Waals surface area contributed by atoms with Gasteiger partial charge in [-0.2, -0.15) is 0 Å². The molecule has 6 atom stereocenters. The van der Waals surface area contributed by atoms with Crippen LogP contribution >= 0.6 is 11.8 Å². The van der Waals surface area contributed by atoms with Gasteiger partial charge in [0, 0.05) is 61.3 Å². The highest BCUT2D eigenvalue weighted by atomic mass is 32.2. The highest BCUT2D eigenvalue weighted by molar-refractivity contribution is 8.00. The van der Waals surface area contributed by atoms with E-state index in [9.17, 15) is 42.0 Å². The van der Waals surface area contributed by atoms with Crippen LogP contribution in [0.2, 0.25) is 0 Å². The Morgan fingerprint density at radius 1 is 0.929 bits per heavy atom. The van der Waals surface area contributed by atoms with Gasteiger partial charge in [0.2, 0.25) is 39.6 Å². The van der Waals surface area contributed by atoms with E-state index >= 15 is 0 Å². The van der Waals surface area contributed by atoms with Crippen LogP contribution in [0.25, 0.3) is 0 Å². The number of unbranched alkanes of at least 4 members (excludes halogenated alkanes) is 1. The molecule has 6 N–H and O–H groups in total. The van der Waals surface area contributed by atoms with E-state index in [1.807, 2.05) is 0 Å². The van der Waals surface area contributed by atoms with Crippen LogP contribution in [-0.2, 0) is 39.4 Å². The molecule has 70 heavy (non-hydrogen) atoms. The molecule has 4 saturated heterocycles. The predicted octanol–water partition coefficient (Wildman–Crippen LogP) is 2.95. The summed E-state index contributed by atoms with van der Waals surface area (Å²) in [6, 6.07) is 12.8. The molecule has 374 valence electrons. The SMILES string of the molecule is CS(=O)(=O)N1CCC(C(=O)NCC(=O)NC2NC(c3cccc(C4(C5CCCCCC5)CCNC(C5(C(=O)NCCCC#Cc6cccc7c6C(=O)N(C6CCC(=O)NC6=O)C7=O)CC5)C4)c3)CS2)C1. The molecule has 19 heteroatoms. The summed E-state index contributed by atoms with van der Waals surface area (Å²) < 4.78 is 25.1. The number of benzene rings is 2. The van der Waals surface area contributed by atoms with Crippen LogP contribution < -0.4 is 31.9 Å². The van der Waals surface area contributed by atoms with Gasteiger partial charge in [-0.15, -0.1) is 11.8 Å². The molecule has 7 amide bonds. The molecule has 6 fully saturated rings. The van der Waals surface area contributed by atoms with Gasteiger partial charge in [-0.05, 0) is 93.5 Å². The third-order valence-electron chi connectivity index (χ3n) is 15.9. The van der Waals surface area contributed by atoms with Crippen molar-refractivity contribution in [2.75, 3.05) is 44.7 Å². The standard InChI is InChI=1S/C51H64N8O9S2/c1-70(67,68)58-26-20-34(30-58)44(62)54-29-42(61)57-49-55-38(31-69-49)33-13-9-16-36(27-33)51(35-14-6-2-3-7-15-35)23-25-52-40(28-51)50(21-22-50)48(66)53-24-8-4-5-11-32-12-10-17-37-43(32)47(65)59(46(37)64)39-18-19-41(60)56-45(39)63/h9-10,12-13,16-17,27,34-35,38-40,49,52,55H,2-4,6-8,14-15,18-26,28-31H2,1H3,(H,53,66)(H,54,62)(H,57,61)(H,56,60,63). The van der Waals surface area contributed by atoms with Crippen molar-refractivity contribution in [3.8, 4) is 11.8 Å². The minimum atomic E-state index is -3.37. The topological polar surface area (TPSA) is 232 Å². The van der Waals surface area contributed by atoms with E-state index in [1.165, 1.54) is 35.6 Å². The maximum atomic E-state index is 14.2. The summed E-state index contributed by atoms with van der Waals surface area (Å²) in [4.78, 5) is 91.8. The first-order valence-electron chi connectivity index (χ1n) is 25.0. The Hall–Kier alpha value is -5.13. The lowest BCUT2D eigenvalue weighted by atomic mass is 9.59. The first-order chi connectivity index (χ1) is 33.7. The lowest BCUT2D eigenvalue weighted by molar-refractivity contribution is -0.136. The van der Waals surface area contributed by atoms with Crippen LogP contribution in [0.15, 0.2) is 42.5 Å². The van der Waals surface area contributed by atoms with Crippen LogP contribution in [0.1, 0.15) is 140 Å². The number of imide groups is 2. The van der Waals surface area contributed by atoms with Crippen molar-refractivity contribution in [2.24, 2.45) is 17.3 Å². The summed E-state index contributed by atoms with van der Waals surface area (Å²) >= 11 is 1.61. The maximum Gasteiger partial charge on any atom is 0.263 e. The fourth-order valence-electron chi connectivity index (χ4n) is 11.9. The van der Waals surface area contributed by atoms with E-state index in [4.69, 9.17) is 0 Å². The molecular formula is C51H64N8O9S2. The molecule has 7 aliphatic rings. The number of carbonyl (C=O) groups is 7. The second-order valence-electron chi connectivity index (χ2n) is 20.2. The van der Waals surface area contributed by atoms with Crippen LogP contribution in [0, 0.1) is 29.1 Å². The number of hydrogen-bond acceptors (Lipinski definition) is 12. The molecule has 0 bridgehead atoms. The number of piperidine rings is 2. The van der Waals surface area contributed by atoms with Crippen LogP contribution in [0.3, 0.4) is 0 Å². The Kier molecular flexibility index (Phi) is 14.9. The average molecular weight is 997 g/mol. The number of sulfonamides is 1. The summed E-state index contributed by atoms with van der Waals surface area (Å²) in [5, 5.41) is 18.5. The molecule has 0 radical (unpaired) electrons. The molecule has 2 saturated carbocycles. The zero-order valence-electron chi connectivity index (χ0n) is 39.7. The molecule has 6 unspecified atom stereocenters. The predicted molar refractivity (Wildman–Crippen MR) is 262 cm³/mol. The number of thioether (sulfide) groups is 1. The summed E-state index contributed by atoms with van der Waals surface area (Å²) in [5.41, 5.74) is 2.28. The second-order valence-corrected chi connectivity index (χ2v) is 23.4. The number of nitrogens with zero attached hydrogens (tertiary/aromatic N) is 2. The third kappa shape index (κ3) is 10.4. The number of hydrogen-bond donors (Lipinski definition) is 6. The van der Waals surface area contributed by atoms with Crippen molar-refractivity contribution in [3.05, 3.63) is 70.3 Å². The van der Waals surface area contributed by atoms with E-state index < -0.39 is 51.0 Å². The molecule has 0 aromatic heterocycles. The van der Waals surface area contributed by atoms with Gasteiger partial charge in [-0.1, -0.05) is 67.9 Å². The highest BCUT2D eigenvalue weighted by Crippen LogP contribution is 2.56. The van der Waals surface area contributed by atoms with Gasteiger partial charge in [0.25, 0.3) is 11.8 Å². The van der Waals surface area contributed by atoms with E-state index in [-0.39, 0.29) is 77.8 Å². The monoisotopic (exact) mass is 996 g/mol. The second kappa shape index (κ2) is 20.9. The molecule has 2 aromatic carbocycles. The number of rotatable bonds is 14. The van der Waals surface area contributed by atoms with E-state index in [0.29, 0.717) is 43.8 Å². The van der Waals surface area contributed by atoms with Crippen molar-refractivity contribution in [3.63, 3.8) is 0 Å². The maximum absolute atomic E-state index is 14.2. The molecular weight excluding hydrogens is 933 g/mol. The number of amides is 7. The Labute approximate surface area is 414 Å². The minimum Gasteiger partial charge on any atom is -0.356 e. The van der Waals surface area contributed by atoms with Gasteiger partial charge < -0.3 is 21.3 Å². The highest BCUT2D eigenvalue weighted by Gasteiger charge is 2.59. The third-order valence-corrected chi connectivity index (χ3v) is 18.3. The van der Waals surface area contributed by atoms with Gasteiger partial charge in [0.1, 0.15) is 11.5 Å². The van der Waals surface area contributed by atoms with Crippen molar-refractivity contribution >= 4 is 63.1 Å². The molecule has 2 aliphatic carbocycles. The van der Waals surface area contributed by atoms with Gasteiger partial charge in [0.15, 0.2) is 0 Å². The van der Waals surface area contributed by atoms with E-state index in [0.717, 1.165) is 67.5 Å². The van der Waals surface area contributed by atoms with Crippen LogP contribution in [0.4, 0.5) is 0 Å². The largest absolute Gasteiger partial charge is 0.356 e. The summed E-state index contributed by atoms with van der Waals surface area (Å²) in [6.45, 7) is 1.49. The van der Waals surface area contributed by atoms with Crippen molar-refractivity contribution in [1.29, 1.82) is 0 Å². The van der Waals surface area contributed by atoms with Crippen molar-refractivity contribution in [1.82, 2.24) is 41.1 Å². The number of carbonyl (C=O) groups excluding carboxylic acids is 7. The average Bonchev–Trinajstić information content (AvgIpc) is 3.79. The van der Waals surface area contributed by atoms with Gasteiger partial charge >= 0.3 is 0 Å². The van der Waals surface area contributed by atoms with Crippen molar-refractivity contribution < 1.29 is 42.0 Å². The fraction of sp³-hybridized carbons (Fsp3) is 0.588. The van der Waals surface area contributed by atoms with Gasteiger partial charge in [-0.25, -0.2) is 12.7 Å². The van der Waals surface area contributed by atoms with E-state index in [2.05, 4.69) is 68.0 Å². The lowest BCUT2D eigenvalue weighted by Gasteiger charge is -2.49. The lowest BCUT2D eigenvalue weighted by Crippen LogP contribution is -2.56. The van der Waals surface area contributed by atoms with Crippen molar-refractivity contribution in [2.45, 2.75) is 125 Å². The first kappa shape index (κ1) is 49.8. The fourth-order valence-corrected chi connectivity index (χ4v) is 13.9.